The van der Waals surface area contributed by atoms with Gasteiger partial charge in [0, 0.05) is 18.7 Å². The van der Waals surface area contributed by atoms with Crippen LogP contribution in [0.15, 0.2) is 18.2 Å². The van der Waals surface area contributed by atoms with Crippen molar-refractivity contribution in [2.24, 2.45) is 0 Å². The van der Waals surface area contributed by atoms with Crippen molar-refractivity contribution in [1.82, 2.24) is 5.32 Å². The van der Waals surface area contributed by atoms with Gasteiger partial charge in [-0.2, -0.15) is 0 Å². The molecule has 5 heteroatoms. The Morgan fingerprint density at radius 3 is 2.72 bits per heavy atom. The van der Waals surface area contributed by atoms with Crippen LogP contribution in [0.5, 0.6) is 0 Å². The number of hydrogen-bond acceptors (Lipinski definition) is 4. The molecule has 0 aliphatic carbocycles. The van der Waals surface area contributed by atoms with Gasteiger partial charge < -0.3 is 21.5 Å². The fraction of sp³-hybridized carbons (Fsp3) is 0.462. The van der Waals surface area contributed by atoms with Crippen LogP contribution >= 0.6 is 0 Å². The molecule has 0 spiro atoms. The second-order valence-electron chi connectivity index (χ2n) is 4.10. The molecule has 5 nitrogen and oxygen atoms in total. The molecule has 0 fully saturated rings. The summed E-state index contributed by atoms with van der Waals surface area (Å²) >= 11 is 0. The van der Waals surface area contributed by atoms with E-state index in [0.29, 0.717) is 30.8 Å². The minimum absolute atomic E-state index is 0.135. The number of hydrogen-bond donors (Lipinski definition) is 4. The lowest BCUT2D eigenvalue weighted by Crippen LogP contribution is -2.23. The smallest absolute Gasteiger partial charge is 0.251 e. The summed E-state index contributed by atoms with van der Waals surface area (Å²) in [5, 5.41) is 15.2. The molecular weight excluding hydrogens is 230 g/mol. The highest BCUT2D eigenvalue weighted by Gasteiger charge is 2.08. The third-order valence-corrected chi connectivity index (χ3v) is 2.65. The number of nitrogen functional groups attached to an aromatic ring is 1. The monoisotopic (exact) mass is 251 g/mol. The maximum atomic E-state index is 11.6. The second-order valence-corrected chi connectivity index (χ2v) is 4.10. The molecule has 1 unspecified atom stereocenters. The number of nitrogens with two attached hydrogens (primary N) is 1. The predicted octanol–water partition coefficient (Wildman–Crippen LogP) is 1.20. The van der Waals surface area contributed by atoms with Gasteiger partial charge >= 0.3 is 0 Å². The van der Waals surface area contributed by atoms with E-state index < -0.39 is 6.10 Å². The number of anilines is 2. The molecule has 0 heterocycles. The maximum Gasteiger partial charge on any atom is 0.251 e. The highest BCUT2D eigenvalue weighted by Crippen LogP contribution is 2.19. The van der Waals surface area contributed by atoms with E-state index in [2.05, 4.69) is 10.6 Å². The first-order valence-corrected chi connectivity index (χ1v) is 6.18. The van der Waals surface area contributed by atoms with E-state index in [4.69, 9.17) is 5.73 Å². The van der Waals surface area contributed by atoms with Crippen LogP contribution in [-0.2, 0) is 0 Å². The summed E-state index contributed by atoms with van der Waals surface area (Å²) in [7, 11) is 0. The third-order valence-electron chi connectivity index (χ3n) is 2.65. The van der Waals surface area contributed by atoms with E-state index >= 15 is 0 Å². The highest BCUT2D eigenvalue weighted by molar-refractivity contribution is 5.96. The summed E-state index contributed by atoms with van der Waals surface area (Å²) in [4.78, 5) is 11.6. The van der Waals surface area contributed by atoms with Crippen LogP contribution in [0.25, 0.3) is 0 Å². The Balaban J connectivity index is 2.70. The summed E-state index contributed by atoms with van der Waals surface area (Å²) < 4.78 is 0. The molecule has 1 aromatic rings. The van der Waals surface area contributed by atoms with Crippen LogP contribution in [0, 0.1) is 0 Å². The molecular formula is C13H21N3O2. The van der Waals surface area contributed by atoms with Crippen molar-refractivity contribution in [3.63, 3.8) is 0 Å². The van der Waals surface area contributed by atoms with Crippen molar-refractivity contribution < 1.29 is 9.90 Å². The number of aliphatic hydroxyl groups excluding tert-OH is 1. The predicted molar refractivity (Wildman–Crippen MR) is 73.6 cm³/mol. The van der Waals surface area contributed by atoms with E-state index in [9.17, 15) is 9.90 Å². The lowest BCUT2D eigenvalue weighted by Gasteiger charge is -2.13. The van der Waals surface area contributed by atoms with Gasteiger partial charge in [-0.25, -0.2) is 0 Å². The van der Waals surface area contributed by atoms with Crippen molar-refractivity contribution in [2.75, 3.05) is 24.1 Å². The number of carbonyl (C=O) groups is 1. The maximum absolute atomic E-state index is 11.6. The van der Waals surface area contributed by atoms with Crippen LogP contribution in [-0.4, -0.2) is 30.2 Å². The Bertz CT molecular complexity index is 407. The number of amides is 1. The first-order chi connectivity index (χ1) is 8.58. The van der Waals surface area contributed by atoms with E-state index in [1.165, 1.54) is 0 Å². The quantitative estimate of drug-likeness (QED) is 0.572. The van der Waals surface area contributed by atoms with E-state index in [-0.39, 0.29) is 5.91 Å². The van der Waals surface area contributed by atoms with Crippen LogP contribution in [0.2, 0.25) is 0 Å². The summed E-state index contributed by atoms with van der Waals surface area (Å²) in [5.41, 5.74) is 7.63. The molecule has 0 aromatic heterocycles. The molecule has 100 valence electrons. The Morgan fingerprint density at radius 1 is 1.44 bits per heavy atom. The molecule has 0 aliphatic heterocycles. The number of aliphatic hydroxyl groups is 1. The molecule has 0 bridgehead atoms. The number of rotatable bonds is 6. The minimum Gasteiger partial charge on any atom is -0.397 e. The van der Waals surface area contributed by atoms with Crippen LogP contribution < -0.4 is 16.4 Å². The van der Waals surface area contributed by atoms with Crippen LogP contribution in [0.1, 0.15) is 30.6 Å². The van der Waals surface area contributed by atoms with Gasteiger partial charge in [0.05, 0.1) is 17.5 Å². The zero-order valence-corrected chi connectivity index (χ0v) is 10.9. The van der Waals surface area contributed by atoms with Gasteiger partial charge in [-0.05, 0) is 31.5 Å². The van der Waals surface area contributed by atoms with Crippen molar-refractivity contribution in [3.05, 3.63) is 23.8 Å². The minimum atomic E-state index is -0.396. The van der Waals surface area contributed by atoms with Crippen molar-refractivity contribution in [3.8, 4) is 0 Å². The van der Waals surface area contributed by atoms with Crippen molar-refractivity contribution in [2.45, 2.75) is 26.4 Å². The molecule has 1 amide bonds. The third kappa shape index (κ3) is 3.92. The summed E-state index contributed by atoms with van der Waals surface area (Å²) in [6.45, 7) is 4.81. The van der Waals surface area contributed by atoms with Gasteiger partial charge in [-0.15, -0.1) is 0 Å². The first-order valence-electron chi connectivity index (χ1n) is 6.18. The zero-order valence-electron chi connectivity index (χ0n) is 10.9. The second kappa shape index (κ2) is 6.86. The average Bonchev–Trinajstić information content (AvgIpc) is 2.37. The van der Waals surface area contributed by atoms with Gasteiger partial charge in [0.1, 0.15) is 0 Å². The van der Waals surface area contributed by atoms with Gasteiger partial charge in [-0.3, -0.25) is 4.79 Å². The number of nitrogens with one attached hydrogen (secondary N) is 2. The molecule has 1 atom stereocenters. The largest absolute Gasteiger partial charge is 0.397 e. The molecule has 18 heavy (non-hydrogen) atoms. The summed E-state index contributed by atoms with van der Waals surface area (Å²) in [5.74, 6) is -0.135. The molecule has 0 saturated heterocycles. The Morgan fingerprint density at radius 2 is 2.17 bits per heavy atom. The number of carbonyl (C=O) groups excluding carboxylic acids is 1. The molecule has 1 rings (SSSR count). The molecule has 1 aromatic carbocycles. The van der Waals surface area contributed by atoms with Crippen molar-refractivity contribution >= 4 is 17.3 Å². The Hall–Kier alpha value is -1.75. The van der Waals surface area contributed by atoms with Crippen LogP contribution in [0.4, 0.5) is 11.4 Å². The van der Waals surface area contributed by atoms with Gasteiger partial charge in [0.2, 0.25) is 0 Å². The SMILES string of the molecule is CCNC(=O)c1ccc(NCC(O)CC)c(N)c1. The topological polar surface area (TPSA) is 87.4 Å². The lowest BCUT2D eigenvalue weighted by atomic mass is 10.1. The molecule has 0 saturated carbocycles. The zero-order chi connectivity index (χ0) is 13.5. The van der Waals surface area contributed by atoms with E-state index in [1.54, 1.807) is 18.2 Å². The summed E-state index contributed by atoms with van der Waals surface area (Å²) in [6, 6.07) is 5.09. The Labute approximate surface area is 107 Å². The fourth-order valence-corrected chi connectivity index (χ4v) is 1.50. The first kappa shape index (κ1) is 14.3. The van der Waals surface area contributed by atoms with Gasteiger partial charge in [0.25, 0.3) is 5.91 Å². The van der Waals surface area contributed by atoms with E-state index in [1.807, 2.05) is 13.8 Å². The highest BCUT2D eigenvalue weighted by atomic mass is 16.3. The molecule has 5 N–H and O–H groups in total. The van der Waals surface area contributed by atoms with E-state index in [0.717, 1.165) is 5.69 Å². The van der Waals surface area contributed by atoms with Gasteiger partial charge in [0.15, 0.2) is 0 Å². The standard InChI is InChI=1S/C13H21N3O2/c1-3-10(17)8-16-12-6-5-9(7-11(12)14)13(18)15-4-2/h5-7,10,16-17H,3-4,8,14H2,1-2H3,(H,15,18). The normalized spacial score (nSPS) is 11.9. The fourth-order valence-electron chi connectivity index (χ4n) is 1.50. The number of benzene rings is 1. The van der Waals surface area contributed by atoms with Gasteiger partial charge in [-0.1, -0.05) is 6.92 Å². The van der Waals surface area contributed by atoms with Crippen molar-refractivity contribution in [1.29, 1.82) is 0 Å². The molecule has 0 radical (unpaired) electrons. The molecule has 0 aliphatic rings. The average molecular weight is 251 g/mol. The summed E-state index contributed by atoms with van der Waals surface area (Å²) in [6.07, 6.45) is 0.289. The van der Waals surface area contributed by atoms with Crippen LogP contribution in [0.3, 0.4) is 0 Å². The lowest BCUT2D eigenvalue weighted by molar-refractivity contribution is 0.0956. The Kier molecular flexibility index (Phi) is 5.45.